The van der Waals surface area contributed by atoms with Gasteiger partial charge in [0.25, 0.3) is 0 Å². The zero-order valence-corrected chi connectivity index (χ0v) is 8.76. The normalized spacial score (nSPS) is 9.83. The molecule has 0 aliphatic heterocycles. The van der Waals surface area contributed by atoms with Crippen molar-refractivity contribution in [3.8, 4) is 0 Å². The number of carbonyl (C=O) groups is 1. The van der Waals surface area contributed by atoms with Gasteiger partial charge in [-0.1, -0.05) is 0 Å². The number of rotatable bonds is 2. The highest BCUT2D eigenvalue weighted by Gasteiger charge is 2.02. The first kappa shape index (κ1) is 14.2. The number of hydrogen-bond acceptors (Lipinski definition) is 3. The van der Waals surface area contributed by atoms with Crippen LogP contribution in [0.1, 0.15) is 0 Å². The minimum Gasteiger partial charge on any atom is -0.457 e. The summed E-state index contributed by atoms with van der Waals surface area (Å²) >= 11 is 4.60. The first-order chi connectivity index (χ1) is 5.33. The van der Waals surface area contributed by atoms with E-state index < -0.39 is 5.43 Å². The van der Waals surface area contributed by atoms with Crippen molar-refractivity contribution in [2.75, 3.05) is 41.4 Å². The Morgan fingerprint density at radius 3 is 1.83 bits per heavy atom. The molecule has 0 radical (unpaired) electrons. The van der Waals surface area contributed by atoms with Gasteiger partial charge in [-0.2, -0.15) is 0 Å². The largest absolute Gasteiger partial charge is 0.457 e. The topological polar surface area (TPSA) is 46.5 Å². The molecular weight excluding hydrogens is 182 g/mol. The molecule has 74 valence electrons. The molecule has 5 heteroatoms. The van der Waals surface area contributed by atoms with Crippen LogP contribution >= 0.6 is 11.6 Å². The van der Waals surface area contributed by atoms with Crippen LogP contribution < -0.4 is 0 Å². The summed E-state index contributed by atoms with van der Waals surface area (Å²) in [5.41, 5.74) is -0.773. The second kappa shape index (κ2) is 7.34. The number of quaternary nitrogens is 1. The Morgan fingerprint density at radius 1 is 1.50 bits per heavy atom. The quantitative estimate of drug-likeness (QED) is 0.524. The lowest BCUT2D eigenvalue weighted by molar-refractivity contribution is -0.870. The maximum Gasteiger partial charge on any atom is 0.403 e. The molecule has 12 heavy (non-hydrogen) atoms. The molecule has 0 bridgehead atoms. The summed E-state index contributed by atoms with van der Waals surface area (Å²) in [7, 11) is 7.37. The lowest BCUT2D eigenvalue weighted by Crippen LogP contribution is -2.36. The van der Waals surface area contributed by atoms with E-state index in [9.17, 15) is 4.79 Å². The van der Waals surface area contributed by atoms with Gasteiger partial charge in [-0.3, -0.25) is 0 Å². The van der Waals surface area contributed by atoms with Gasteiger partial charge in [-0.25, -0.2) is 4.79 Å². The Kier molecular flexibility index (Phi) is 8.69. The minimum atomic E-state index is -0.773. The standard InChI is InChI=1S/C5H14NO.C2H3ClO2/c1-6(2,3)4-5-7;1-5-2(3)4/h7H,4-5H2,1-3H3;1H3/q+1;. The van der Waals surface area contributed by atoms with Crippen molar-refractivity contribution in [1.29, 1.82) is 0 Å². The van der Waals surface area contributed by atoms with Gasteiger partial charge in [0, 0.05) is 11.6 Å². The van der Waals surface area contributed by atoms with E-state index >= 15 is 0 Å². The average molecular weight is 199 g/mol. The number of aliphatic hydroxyl groups is 1. The SMILES string of the molecule is COC(=O)Cl.C[N+](C)(C)CCO. The molecule has 0 aromatic carbocycles. The van der Waals surface area contributed by atoms with Crippen LogP contribution in [0.15, 0.2) is 0 Å². The van der Waals surface area contributed by atoms with Gasteiger partial charge >= 0.3 is 5.43 Å². The van der Waals surface area contributed by atoms with Crippen LogP contribution in [0, 0.1) is 0 Å². The number of nitrogens with zero attached hydrogens (tertiary/aromatic N) is 1. The summed E-state index contributed by atoms with van der Waals surface area (Å²) in [6.07, 6.45) is 0. The fourth-order valence-electron chi connectivity index (χ4n) is 0.300. The molecule has 0 aromatic rings. The number of likely N-dealkylation sites (N-methyl/N-ethyl adjacent to an activating group) is 1. The van der Waals surface area contributed by atoms with Crippen LogP contribution in [-0.2, 0) is 4.74 Å². The molecule has 0 aromatic heterocycles. The second-order valence-electron chi connectivity index (χ2n) is 3.18. The number of aliphatic hydroxyl groups excluding tert-OH is 1. The van der Waals surface area contributed by atoms with Crippen molar-refractivity contribution in [2.24, 2.45) is 0 Å². The summed E-state index contributed by atoms with van der Waals surface area (Å²) in [6.45, 7) is 1.11. The van der Waals surface area contributed by atoms with Crippen molar-refractivity contribution < 1.29 is 19.1 Å². The van der Waals surface area contributed by atoms with Crippen LogP contribution in [0.2, 0.25) is 0 Å². The third-order valence-corrected chi connectivity index (χ3v) is 1.09. The molecule has 0 saturated heterocycles. The smallest absolute Gasteiger partial charge is 0.403 e. The zero-order chi connectivity index (χ0) is 10.2. The molecule has 0 spiro atoms. The van der Waals surface area contributed by atoms with Gasteiger partial charge < -0.3 is 14.3 Å². The maximum atomic E-state index is 9.36. The highest BCUT2D eigenvalue weighted by molar-refractivity contribution is 6.61. The van der Waals surface area contributed by atoms with Gasteiger partial charge in [0.2, 0.25) is 0 Å². The van der Waals surface area contributed by atoms with Crippen molar-refractivity contribution in [2.45, 2.75) is 0 Å². The van der Waals surface area contributed by atoms with E-state index in [1.165, 1.54) is 7.11 Å². The Morgan fingerprint density at radius 2 is 1.83 bits per heavy atom. The second-order valence-corrected chi connectivity index (χ2v) is 3.49. The van der Waals surface area contributed by atoms with Crippen molar-refractivity contribution >= 4 is 17.0 Å². The Labute approximate surface area is 78.3 Å². The zero-order valence-electron chi connectivity index (χ0n) is 8.00. The van der Waals surface area contributed by atoms with Crippen LogP contribution in [-0.4, -0.2) is 56.4 Å². The maximum absolute atomic E-state index is 9.36. The highest BCUT2D eigenvalue weighted by atomic mass is 35.5. The van der Waals surface area contributed by atoms with Gasteiger partial charge in [0.15, 0.2) is 0 Å². The van der Waals surface area contributed by atoms with E-state index in [0.29, 0.717) is 0 Å². The number of halogens is 1. The van der Waals surface area contributed by atoms with Crippen molar-refractivity contribution in [3.05, 3.63) is 0 Å². The average Bonchev–Trinajstić information content (AvgIpc) is 1.86. The molecule has 0 heterocycles. The summed E-state index contributed by atoms with van der Waals surface area (Å²) < 4.78 is 4.72. The van der Waals surface area contributed by atoms with E-state index in [-0.39, 0.29) is 6.61 Å². The molecule has 0 aliphatic rings. The Hall–Kier alpha value is -0.320. The fraction of sp³-hybridized carbons (Fsp3) is 0.857. The van der Waals surface area contributed by atoms with E-state index in [2.05, 4.69) is 37.5 Å². The Balaban J connectivity index is 0. The number of carbonyl (C=O) groups excluding carboxylic acids is 1. The predicted molar refractivity (Wildman–Crippen MR) is 48.2 cm³/mol. The monoisotopic (exact) mass is 198 g/mol. The molecule has 0 saturated carbocycles. The van der Waals surface area contributed by atoms with E-state index in [1.54, 1.807) is 0 Å². The van der Waals surface area contributed by atoms with Crippen molar-refractivity contribution in [3.63, 3.8) is 0 Å². The molecule has 4 nitrogen and oxygen atoms in total. The van der Waals surface area contributed by atoms with E-state index in [0.717, 1.165) is 11.0 Å². The first-order valence-corrected chi connectivity index (χ1v) is 3.86. The molecule has 0 aliphatic carbocycles. The van der Waals surface area contributed by atoms with Gasteiger partial charge in [0.05, 0.1) is 34.9 Å². The van der Waals surface area contributed by atoms with Crippen LogP contribution in [0.25, 0.3) is 0 Å². The van der Waals surface area contributed by atoms with Crippen LogP contribution in [0.4, 0.5) is 4.79 Å². The van der Waals surface area contributed by atoms with Crippen molar-refractivity contribution in [1.82, 2.24) is 0 Å². The molecule has 1 N–H and O–H groups in total. The minimum absolute atomic E-state index is 0.281. The highest BCUT2D eigenvalue weighted by Crippen LogP contribution is 1.84. The lowest BCUT2D eigenvalue weighted by Gasteiger charge is -2.21. The van der Waals surface area contributed by atoms with Gasteiger partial charge in [-0.05, 0) is 0 Å². The number of hydrogen-bond donors (Lipinski definition) is 1. The summed E-state index contributed by atoms with van der Waals surface area (Å²) in [5, 5.41) is 8.39. The van der Waals surface area contributed by atoms with Crippen LogP contribution in [0.3, 0.4) is 0 Å². The predicted octanol–water partition coefficient (Wildman–Crippen LogP) is 0.676. The van der Waals surface area contributed by atoms with Crippen LogP contribution in [0.5, 0.6) is 0 Å². The summed E-state index contributed by atoms with van der Waals surface area (Å²) in [4.78, 5) is 9.36. The molecular formula is C7H17ClNO3+. The molecule has 0 unspecified atom stereocenters. The molecule has 0 amide bonds. The Bertz CT molecular complexity index is 122. The number of methoxy groups -OCH3 is 1. The third-order valence-electron chi connectivity index (χ3n) is 0.931. The van der Waals surface area contributed by atoms with E-state index in [1.807, 2.05) is 0 Å². The van der Waals surface area contributed by atoms with Gasteiger partial charge in [-0.15, -0.1) is 0 Å². The van der Waals surface area contributed by atoms with Gasteiger partial charge in [0.1, 0.15) is 6.54 Å². The third kappa shape index (κ3) is 22.6. The fourth-order valence-corrected chi connectivity index (χ4v) is 0.300. The summed E-state index contributed by atoms with van der Waals surface area (Å²) in [5.74, 6) is 0. The summed E-state index contributed by atoms with van der Waals surface area (Å²) in [6, 6.07) is 0. The van der Waals surface area contributed by atoms with E-state index in [4.69, 9.17) is 5.11 Å². The molecule has 0 rings (SSSR count). The molecule has 0 fully saturated rings. The molecule has 0 atom stereocenters. The first-order valence-electron chi connectivity index (χ1n) is 3.48. The lowest BCUT2D eigenvalue weighted by atomic mass is 10.5. The number of ether oxygens (including phenoxy) is 1.